The average Bonchev–Trinajstić information content (AvgIpc) is 2.99. The highest BCUT2D eigenvalue weighted by Crippen LogP contribution is 2.31. The zero-order valence-electron chi connectivity index (χ0n) is 17.8. The summed E-state index contributed by atoms with van der Waals surface area (Å²) in [6, 6.07) is 7.91. The fourth-order valence-electron chi connectivity index (χ4n) is 4.23. The monoisotopic (exact) mass is 394 g/mol. The van der Waals surface area contributed by atoms with E-state index in [9.17, 15) is 4.79 Å². The molecule has 0 bridgehead atoms. The lowest BCUT2D eigenvalue weighted by atomic mass is 10.0. The Balaban J connectivity index is 1.90. The van der Waals surface area contributed by atoms with E-state index in [0.717, 1.165) is 48.2 Å². The highest BCUT2D eigenvalue weighted by Gasteiger charge is 2.33. The molecule has 1 aliphatic heterocycles. The number of aromatic nitrogens is 5. The summed E-state index contributed by atoms with van der Waals surface area (Å²) in [5.41, 5.74) is 2.36. The maximum absolute atomic E-state index is 13.2. The van der Waals surface area contributed by atoms with Crippen LogP contribution in [-0.2, 0) is 5.54 Å². The Bertz CT molecular complexity index is 1050. The number of rotatable bonds is 3. The predicted molar refractivity (Wildman–Crippen MR) is 114 cm³/mol. The van der Waals surface area contributed by atoms with Gasteiger partial charge in [0, 0.05) is 11.1 Å². The van der Waals surface area contributed by atoms with Gasteiger partial charge in [-0.3, -0.25) is 9.69 Å². The van der Waals surface area contributed by atoms with Crippen molar-refractivity contribution in [2.45, 2.75) is 65.0 Å². The minimum absolute atomic E-state index is 0.0687. The van der Waals surface area contributed by atoms with Crippen LogP contribution in [0.3, 0.4) is 0 Å². The van der Waals surface area contributed by atoms with Gasteiger partial charge in [0.05, 0.1) is 5.54 Å². The summed E-state index contributed by atoms with van der Waals surface area (Å²) in [5, 5.41) is 13.7. The van der Waals surface area contributed by atoms with Crippen LogP contribution in [0.2, 0.25) is 0 Å². The summed E-state index contributed by atoms with van der Waals surface area (Å²) in [5.74, 6) is 0.733. The quantitative estimate of drug-likeness (QED) is 0.735. The molecule has 0 saturated carbocycles. The van der Waals surface area contributed by atoms with Gasteiger partial charge >= 0.3 is 0 Å². The van der Waals surface area contributed by atoms with Gasteiger partial charge in [-0.05, 0) is 87.1 Å². The molecule has 0 spiro atoms. The average molecular weight is 395 g/mol. The molecule has 1 N–H and O–H groups in total. The highest BCUT2D eigenvalue weighted by molar-refractivity contribution is 5.79. The molecular weight excluding hydrogens is 364 g/mol. The fourth-order valence-corrected chi connectivity index (χ4v) is 4.23. The number of benzene rings is 1. The van der Waals surface area contributed by atoms with Gasteiger partial charge in [0.25, 0.3) is 5.56 Å². The van der Waals surface area contributed by atoms with Gasteiger partial charge < -0.3 is 4.98 Å². The molecule has 1 aromatic carbocycles. The second-order valence-electron chi connectivity index (χ2n) is 9.12. The van der Waals surface area contributed by atoms with Gasteiger partial charge in [0.15, 0.2) is 5.82 Å². The van der Waals surface area contributed by atoms with Crippen molar-refractivity contribution >= 4 is 10.9 Å². The first-order valence-electron chi connectivity index (χ1n) is 10.5. The third-order valence-electron chi connectivity index (χ3n) is 5.70. The summed E-state index contributed by atoms with van der Waals surface area (Å²) in [4.78, 5) is 18.7. The van der Waals surface area contributed by atoms with Crippen molar-refractivity contribution in [3.8, 4) is 0 Å². The van der Waals surface area contributed by atoms with E-state index in [0.29, 0.717) is 5.56 Å². The van der Waals surface area contributed by atoms with Crippen molar-refractivity contribution in [2.24, 2.45) is 0 Å². The van der Waals surface area contributed by atoms with Crippen molar-refractivity contribution in [3.63, 3.8) is 0 Å². The van der Waals surface area contributed by atoms with Crippen LogP contribution in [-0.4, -0.2) is 43.2 Å². The van der Waals surface area contributed by atoms with Crippen molar-refractivity contribution in [3.05, 3.63) is 51.6 Å². The zero-order valence-corrected chi connectivity index (χ0v) is 17.8. The summed E-state index contributed by atoms with van der Waals surface area (Å²) in [6.07, 6.45) is 4.69. The van der Waals surface area contributed by atoms with E-state index in [1.165, 1.54) is 12.8 Å². The number of likely N-dealkylation sites (tertiary alicyclic amines) is 1. The molecule has 0 unspecified atom stereocenters. The number of pyridine rings is 1. The van der Waals surface area contributed by atoms with E-state index in [1.807, 2.05) is 23.7 Å². The number of H-pyrrole nitrogens is 1. The van der Waals surface area contributed by atoms with Crippen molar-refractivity contribution in [1.29, 1.82) is 0 Å². The lowest BCUT2D eigenvalue weighted by molar-refractivity contribution is 0.208. The van der Waals surface area contributed by atoms with Crippen LogP contribution in [0.15, 0.2) is 29.1 Å². The molecule has 0 radical (unpaired) electrons. The number of nitrogens with zero attached hydrogens (tertiary/aromatic N) is 5. The molecule has 2 aromatic heterocycles. The largest absolute Gasteiger partial charge is 0.322 e. The molecule has 1 saturated heterocycles. The Labute approximate surface area is 171 Å². The first-order chi connectivity index (χ1) is 13.8. The molecule has 3 heterocycles. The highest BCUT2D eigenvalue weighted by atomic mass is 16.1. The molecule has 7 nitrogen and oxygen atoms in total. The van der Waals surface area contributed by atoms with Gasteiger partial charge in [-0.1, -0.05) is 25.0 Å². The van der Waals surface area contributed by atoms with Crippen molar-refractivity contribution < 1.29 is 0 Å². The molecule has 3 aromatic rings. The van der Waals surface area contributed by atoms with Crippen LogP contribution in [0.1, 0.15) is 69.4 Å². The zero-order chi connectivity index (χ0) is 20.6. The molecule has 4 rings (SSSR count). The summed E-state index contributed by atoms with van der Waals surface area (Å²) >= 11 is 0. The molecule has 7 heteroatoms. The maximum atomic E-state index is 13.2. The molecule has 1 fully saturated rings. The lowest BCUT2D eigenvalue weighted by Crippen LogP contribution is -2.38. The topological polar surface area (TPSA) is 79.7 Å². The van der Waals surface area contributed by atoms with Crippen LogP contribution in [0.25, 0.3) is 10.9 Å². The van der Waals surface area contributed by atoms with Gasteiger partial charge in [-0.15, -0.1) is 5.10 Å². The molecule has 29 heavy (non-hydrogen) atoms. The predicted octanol–water partition coefficient (Wildman–Crippen LogP) is 3.54. The Kier molecular flexibility index (Phi) is 5.25. The van der Waals surface area contributed by atoms with Crippen LogP contribution < -0.4 is 5.56 Å². The van der Waals surface area contributed by atoms with Gasteiger partial charge in [0.2, 0.25) is 0 Å². The van der Waals surface area contributed by atoms with E-state index >= 15 is 0 Å². The van der Waals surface area contributed by atoms with Crippen molar-refractivity contribution in [2.75, 3.05) is 13.1 Å². The van der Waals surface area contributed by atoms with Crippen LogP contribution in [0, 0.1) is 6.92 Å². The minimum atomic E-state index is -0.274. The second kappa shape index (κ2) is 7.71. The van der Waals surface area contributed by atoms with Gasteiger partial charge in [-0.25, -0.2) is 4.68 Å². The number of aromatic amines is 1. The minimum Gasteiger partial charge on any atom is -0.322 e. The van der Waals surface area contributed by atoms with E-state index in [4.69, 9.17) is 0 Å². The number of hydrogen-bond donors (Lipinski definition) is 1. The smallest absolute Gasteiger partial charge is 0.253 e. The van der Waals surface area contributed by atoms with Gasteiger partial charge in [0.1, 0.15) is 6.04 Å². The summed E-state index contributed by atoms with van der Waals surface area (Å²) in [6.45, 7) is 10.2. The molecular formula is C22H30N6O. The molecule has 0 aliphatic carbocycles. The van der Waals surface area contributed by atoms with E-state index < -0.39 is 0 Å². The molecule has 154 valence electrons. The lowest BCUT2D eigenvalue weighted by Gasteiger charge is -2.31. The first kappa shape index (κ1) is 19.8. The number of fused-ring (bicyclic) bond motifs is 1. The number of nitrogens with one attached hydrogen (secondary N) is 1. The maximum Gasteiger partial charge on any atom is 0.253 e. The Morgan fingerprint density at radius 3 is 2.48 bits per heavy atom. The number of tetrazole rings is 1. The molecule has 1 aliphatic rings. The summed E-state index contributed by atoms with van der Waals surface area (Å²) in [7, 11) is 0. The van der Waals surface area contributed by atoms with E-state index in [1.54, 1.807) is 0 Å². The number of hydrogen-bond acceptors (Lipinski definition) is 5. The standard InChI is InChI=1S/C22H30N6O/c1-15-9-10-16-14-17(21(29)23-18(16)13-15)19(27-11-7-5-6-8-12-27)20-24-25-26-28(20)22(2,3)4/h9-10,13-14,19H,5-8,11-12H2,1-4H3,(H,23,29)/t19-/m0/s1. The Hall–Kier alpha value is -2.54. The number of aryl methyl sites for hydroxylation is 1. The van der Waals surface area contributed by atoms with Crippen LogP contribution in [0.4, 0.5) is 0 Å². The fraction of sp³-hybridized carbons (Fsp3) is 0.545. The second-order valence-corrected chi connectivity index (χ2v) is 9.12. The van der Waals surface area contributed by atoms with E-state index in [2.05, 4.69) is 58.3 Å². The van der Waals surface area contributed by atoms with Crippen LogP contribution in [0.5, 0.6) is 0 Å². The Morgan fingerprint density at radius 1 is 1.07 bits per heavy atom. The van der Waals surface area contributed by atoms with Crippen molar-refractivity contribution in [1.82, 2.24) is 30.1 Å². The third-order valence-corrected chi connectivity index (χ3v) is 5.70. The van der Waals surface area contributed by atoms with Crippen LogP contribution >= 0.6 is 0 Å². The Morgan fingerprint density at radius 2 is 1.79 bits per heavy atom. The molecule has 0 amide bonds. The third kappa shape index (κ3) is 3.96. The first-order valence-corrected chi connectivity index (χ1v) is 10.5. The van der Waals surface area contributed by atoms with Gasteiger partial charge in [-0.2, -0.15) is 0 Å². The summed E-state index contributed by atoms with van der Waals surface area (Å²) < 4.78 is 1.86. The molecule has 1 atom stereocenters. The van der Waals surface area contributed by atoms with E-state index in [-0.39, 0.29) is 17.1 Å². The normalized spacial score (nSPS) is 17.4. The SMILES string of the molecule is Cc1ccc2cc([C@@H](c3nnnn3C(C)(C)C)N3CCCCCC3)c(=O)[nH]c2c1.